The van der Waals surface area contributed by atoms with Gasteiger partial charge in [-0.3, -0.25) is 9.98 Å². The number of pyridine rings is 1. The lowest BCUT2D eigenvalue weighted by Gasteiger charge is -2.28. The third kappa shape index (κ3) is 4.15. The molecule has 0 aliphatic carbocycles. The van der Waals surface area contributed by atoms with E-state index in [2.05, 4.69) is 10.3 Å². The zero-order valence-corrected chi connectivity index (χ0v) is 17.8. The van der Waals surface area contributed by atoms with Crippen LogP contribution in [0.1, 0.15) is 22.9 Å². The molecule has 0 amide bonds. The second-order valence-electron chi connectivity index (χ2n) is 6.75. The molecule has 1 atom stereocenters. The molecule has 0 fully saturated rings. The molecule has 0 radical (unpaired) electrons. The van der Waals surface area contributed by atoms with E-state index in [1.807, 2.05) is 60.7 Å². The molecule has 1 aliphatic heterocycles. The van der Waals surface area contributed by atoms with Crippen LogP contribution >= 0.6 is 11.6 Å². The summed E-state index contributed by atoms with van der Waals surface area (Å²) in [5.41, 5.74) is 3.00. The fraction of sp³-hybridized carbons (Fsp3) is 0.125. The molecule has 0 bridgehead atoms. The van der Waals surface area contributed by atoms with Gasteiger partial charge in [0.15, 0.2) is 5.84 Å². The normalized spacial score (nSPS) is 15.7. The Morgan fingerprint density at radius 3 is 2.55 bits per heavy atom. The Balaban J connectivity index is 1.97. The van der Waals surface area contributed by atoms with E-state index in [1.165, 1.54) is 7.11 Å². The monoisotopic (exact) mass is 433 g/mol. The summed E-state index contributed by atoms with van der Waals surface area (Å²) in [6.07, 6.45) is 1.69. The van der Waals surface area contributed by atoms with Gasteiger partial charge in [0.05, 0.1) is 25.5 Å². The van der Waals surface area contributed by atoms with Gasteiger partial charge in [0.25, 0.3) is 0 Å². The maximum absolute atomic E-state index is 13.0. The highest BCUT2D eigenvalue weighted by Crippen LogP contribution is 2.38. The molecule has 2 aromatic carbocycles. The molecule has 6 nitrogen and oxygen atoms in total. The number of aromatic nitrogens is 1. The zero-order chi connectivity index (χ0) is 21.8. The van der Waals surface area contributed by atoms with Gasteiger partial charge in [0.2, 0.25) is 0 Å². The Hall–Kier alpha value is -3.64. The number of ether oxygens (including phenoxy) is 2. The molecule has 0 saturated carbocycles. The number of aliphatic imine (C=N–C) groups is 1. The Kier molecular flexibility index (Phi) is 6.00. The molecule has 7 heteroatoms. The molecule has 1 N–H and O–H groups in total. The highest BCUT2D eigenvalue weighted by molar-refractivity contribution is 6.31. The summed E-state index contributed by atoms with van der Waals surface area (Å²) in [5, 5.41) is 3.79. The summed E-state index contributed by atoms with van der Waals surface area (Å²) in [5.74, 6) is 0.683. The number of halogens is 1. The van der Waals surface area contributed by atoms with Crippen LogP contribution in [0.25, 0.3) is 5.70 Å². The van der Waals surface area contributed by atoms with Crippen molar-refractivity contribution in [2.75, 3.05) is 14.2 Å². The summed E-state index contributed by atoms with van der Waals surface area (Å²) < 4.78 is 10.5. The smallest absolute Gasteiger partial charge is 0.338 e. The van der Waals surface area contributed by atoms with E-state index in [4.69, 9.17) is 26.1 Å². The molecule has 156 valence electrons. The SMILES string of the molecule is COC(=O)C1=C(c2cccc(OC)c2)NC(c2ccccn2)=NC1c1ccccc1Cl. The van der Waals surface area contributed by atoms with Crippen LogP contribution in [0.15, 0.2) is 83.5 Å². The predicted octanol–water partition coefficient (Wildman–Crippen LogP) is 4.42. The van der Waals surface area contributed by atoms with E-state index < -0.39 is 12.0 Å². The van der Waals surface area contributed by atoms with Crippen LogP contribution < -0.4 is 10.1 Å². The van der Waals surface area contributed by atoms with Crippen molar-refractivity contribution in [3.8, 4) is 5.75 Å². The van der Waals surface area contributed by atoms with Crippen LogP contribution in [0.5, 0.6) is 5.75 Å². The number of carbonyl (C=O) groups excluding carboxylic acids is 1. The summed E-state index contributed by atoms with van der Waals surface area (Å²) in [6, 6.07) is 19.6. The van der Waals surface area contributed by atoms with Crippen LogP contribution in [0.3, 0.4) is 0 Å². The fourth-order valence-electron chi connectivity index (χ4n) is 3.43. The molecule has 1 aliphatic rings. The van der Waals surface area contributed by atoms with Gasteiger partial charge < -0.3 is 14.8 Å². The van der Waals surface area contributed by atoms with Crippen molar-refractivity contribution in [3.05, 3.63) is 100 Å². The van der Waals surface area contributed by atoms with Gasteiger partial charge in [-0.15, -0.1) is 0 Å². The van der Waals surface area contributed by atoms with Gasteiger partial charge in [-0.05, 0) is 30.3 Å². The average Bonchev–Trinajstić information content (AvgIpc) is 2.83. The molecule has 4 rings (SSSR count). The second kappa shape index (κ2) is 9.02. The van der Waals surface area contributed by atoms with Crippen LogP contribution in [0.2, 0.25) is 5.02 Å². The number of nitrogens with zero attached hydrogens (tertiary/aromatic N) is 2. The molecule has 0 spiro atoms. The summed E-state index contributed by atoms with van der Waals surface area (Å²) in [7, 11) is 2.94. The minimum Gasteiger partial charge on any atom is -0.497 e. The van der Waals surface area contributed by atoms with Gasteiger partial charge in [-0.1, -0.05) is 48.0 Å². The Morgan fingerprint density at radius 1 is 1.03 bits per heavy atom. The first kappa shape index (κ1) is 20.6. The van der Waals surface area contributed by atoms with Crippen molar-refractivity contribution >= 4 is 29.1 Å². The molecule has 2 heterocycles. The largest absolute Gasteiger partial charge is 0.497 e. The second-order valence-corrected chi connectivity index (χ2v) is 7.16. The summed E-state index contributed by atoms with van der Waals surface area (Å²) >= 11 is 6.51. The number of methoxy groups -OCH3 is 2. The Labute approximate surface area is 185 Å². The van der Waals surface area contributed by atoms with Crippen molar-refractivity contribution in [2.24, 2.45) is 4.99 Å². The van der Waals surface area contributed by atoms with Gasteiger partial charge in [-0.25, -0.2) is 4.79 Å². The number of nitrogens with one attached hydrogen (secondary N) is 1. The number of benzene rings is 2. The van der Waals surface area contributed by atoms with Gasteiger partial charge in [0, 0.05) is 22.3 Å². The minimum absolute atomic E-state index is 0.350. The van der Waals surface area contributed by atoms with E-state index in [0.717, 1.165) is 5.56 Å². The van der Waals surface area contributed by atoms with Crippen molar-refractivity contribution in [2.45, 2.75) is 6.04 Å². The van der Waals surface area contributed by atoms with E-state index in [0.29, 0.717) is 39.1 Å². The van der Waals surface area contributed by atoms with E-state index in [-0.39, 0.29) is 0 Å². The number of carbonyl (C=O) groups is 1. The van der Waals surface area contributed by atoms with E-state index in [1.54, 1.807) is 19.4 Å². The lowest BCUT2D eigenvalue weighted by atomic mass is 9.92. The number of hydrogen-bond acceptors (Lipinski definition) is 6. The Bertz CT molecular complexity index is 1180. The van der Waals surface area contributed by atoms with E-state index in [9.17, 15) is 4.79 Å². The summed E-state index contributed by atoms with van der Waals surface area (Å²) in [4.78, 5) is 22.2. The number of hydrogen-bond donors (Lipinski definition) is 1. The van der Waals surface area contributed by atoms with Crippen LogP contribution in [-0.2, 0) is 9.53 Å². The highest BCUT2D eigenvalue weighted by atomic mass is 35.5. The molecular formula is C24H20ClN3O3. The van der Waals surface area contributed by atoms with Crippen molar-refractivity contribution < 1.29 is 14.3 Å². The van der Waals surface area contributed by atoms with Crippen LogP contribution in [0, 0.1) is 0 Å². The van der Waals surface area contributed by atoms with E-state index >= 15 is 0 Å². The van der Waals surface area contributed by atoms with Crippen LogP contribution in [0.4, 0.5) is 0 Å². The molecule has 0 saturated heterocycles. The third-order valence-electron chi connectivity index (χ3n) is 4.92. The Morgan fingerprint density at radius 2 is 1.84 bits per heavy atom. The lowest BCUT2D eigenvalue weighted by molar-refractivity contribution is -0.136. The predicted molar refractivity (Wildman–Crippen MR) is 120 cm³/mol. The number of amidine groups is 1. The van der Waals surface area contributed by atoms with Gasteiger partial charge >= 0.3 is 5.97 Å². The number of esters is 1. The van der Waals surface area contributed by atoms with Gasteiger partial charge in [0.1, 0.15) is 17.5 Å². The van der Waals surface area contributed by atoms with Crippen LogP contribution in [-0.4, -0.2) is 31.0 Å². The first-order valence-electron chi connectivity index (χ1n) is 9.60. The standard InChI is InChI=1S/C24H20ClN3O3/c1-30-16-9-7-8-15(14-16)21-20(24(29)31-2)22(17-10-3-4-11-18(17)25)28-23(27-21)19-12-5-6-13-26-19/h3-14,22H,1-2H3,(H,27,28). The van der Waals surface area contributed by atoms with Crippen molar-refractivity contribution in [1.29, 1.82) is 0 Å². The molecule has 31 heavy (non-hydrogen) atoms. The fourth-order valence-corrected chi connectivity index (χ4v) is 3.67. The van der Waals surface area contributed by atoms with Crippen molar-refractivity contribution in [3.63, 3.8) is 0 Å². The quantitative estimate of drug-likeness (QED) is 0.603. The average molecular weight is 434 g/mol. The summed E-state index contributed by atoms with van der Waals surface area (Å²) in [6.45, 7) is 0. The zero-order valence-electron chi connectivity index (χ0n) is 17.0. The van der Waals surface area contributed by atoms with Crippen molar-refractivity contribution in [1.82, 2.24) is 10.3 Å². The topological polar surface area (TPSA) is 72.8 Å². The first-order valence-corrected chi connectivity index (χ1v) is 9.97. The minimum atomic E-state index is -0.680. The molecule has 1 unspecified atom stereocenters. The number of rotatable bonds is 5. The maximum Gasteiger partial charge on any atom is 0.338 e. The third-order valence-corrected chi connectivity index (χ3v) is 5.26. The lowest BCUT2D eigenvalue weighted by Crippen LogP contribution is -2.33. The first-order chi connectivity index (χ1) is 15.1. The molecule has 1 aromatic heterocycles. The van der Waals surface area contributed by atoms with Gasteiger partial charge in [-0.2, -0.15) is 0 Å². The maximum atomic E-state index is 13.0. The highest BCUT2D eigenvalue weighted by Gasteiger charge is 2.34. The molecule has 3 aromatic rings. The molecular weight excluding hydrogens is 414 g/mol.